The van der Waals surface area contributed by atoms with Gasteiger partial charge < -0.3 is 36.4 Å². The Hall–Kier alpha value is -5.02. The lowest BCUT2D eigenvalue weighted by Crippen LogP contribution is -2.27. The van der Waals surface area contributed by atoms with Crippen LogP contribution in [-0.2, 0) is 9.59 Å². The maximum Gasteiger partial charge on any atom is 0.244 e. The fourth-order valence-corrected chi connectivity index (χ4v) is 5.08. The van der Waals surface area contributed by atoms with Crippen LogP contribution in [0, 0.1) is 13.8 Å². The smallest absolute Gasteiger partial charge is 0.244 e. The summed E-state index contributed by atoms with van der Waals surface area (Å²) in [5.41, 5.74) is 1.82. The van der Waals surface area contributed by atoms with Crippen molar-refractivity contribution in [3.63, 3.8) is 0 Å². The van der Waals surface area contributed by atoms with E-state index in [2.05, 4.69) is 16.0 Å². The number of carbonyl (C=O) groups is 2. The zero-order chi connectivity index (χ0) is 31.6. The summed E-state index contributed by atoms with van der Waals surface area (Å²) in [7, 11) is 0. The normalized spacial score (nSPS) is 11.6. The van der Waals surface area contributed by atoms with E-state index in [4.69, 9.17) is 0 Å². The van der Waals surface area contributed by atoms with Crippen LogP contribution in [0.3, 0.4) is 0 Å². The molecule has 0 bridgehead atoms. The number of unbranched alkanes of at least 4 members (excludes halogenated alkanes) is 1. The number of hydrogen-bond donors (Lipinski definition) is 7. The Labute approximate surface area is 256 Å². The van der Waals surface area contributed by atoms with Gasteiger partial charge >= 0.3 is 0 Å². The second-order valence-electron chi connectivity index (χ2n) is 10.6. The van der Waals surface area contributed by atoms with Crippen LogP contribution in [0.1, 0.15) is 41.5 Å². The van der Waals surface area contributed by atoms with E-state index in [1.54, 1.807) is 62.4 Å². The third-order valence-electron chi connectivity index (χ3n) is 7.62. The minimum absolute atomic E-state index is 0.0257. The maximum atomic E-state index is 12.3. The van der Waals surface area contributed by atoms with Crippen molar-refractivity contribution in [1.29, 1.82) is 0 Å². The molecule has 0 heterocycles. The monoisotopic (exact) mass is 597 g/mol. The molecule has 0 spiro atoms. The lowest BCUT2D eigenvalue weighted by molar-refractivity contribution is -0.117. The highest BCUT2D eigenvalue weighted by Gasteiger charge is 2.15. The van der Waals surface area contributed by atoms with Crippen LogP contribution in [-0.4, -0.2) is 58.4 Å². The standard InChI is InChI=1S/C35H39N3O6/c1-22-24(34(43)28-12-5-3-10-26(28)32(22)41)14-16-30(39)37-20-8-7-18-36-19-9-21-38-31(40)17-15-25-23(2)33(42)27-11-4-6-13-29(27)35(25)44/h3-6,10-17,36,41-44H,7-9,18-21H2,1-2H3,(H,37,39)(H,38,40)/b16-14+,17-15+. The molecule has 4 rings (SSSR count). The van der Waals surface area contributed by atoms with Gasteiger partial charge in [-0.05, 0) is 58.4 Å². The quantitative estimate of drug-likeness (QED) is 0.0640. The number of amides is 2. The van der Waals surface area contributed by atoms with E-state index < -0.39 is 0 Å². The highest BCUT2D eigenvalue weighted by atomic mass is 16.3. The first kappa shape index (κ1) is 31.9. The maximum absolute atomic E-state index is 12.3. The number of phenolic OH excluding ortho intramolecular Hbond substituents is 4. The first-order valence-electron chi connectivity index (χ1n) is 14.7. The summed E-state index contributed by atoms with van der Waals surface area (Å²) < 4.78 is 0. The van der Waals surface area contributed by atoms with E-state index in [9.17, 15) is 30.0 Å². The third kappa shape index (κ3) is 7.48. The topological polar surface area (TPSA) is 151 Å². The van der Waals surface area contributed by atoms with Crippen molar-refractivity contribution < 1.29 is 30.0 Å². The molecule has 4 aromatic rings. The van der Waals surface area contributed by atoms with Crippen molar-refractivity contribution in [3.8, 4) is 23.0 Å². The number of nitrogens with one attached hydrogen (secondary N) is 3. The largest absolute Gasteiger partial charge is 0.507 e. The van der Waals surface area contributed by atoms with Gasteiger partial charge in [0.1, 0.15) is 23.0 Å². The van der Waals surface area contributed by atoms with Crippen molar-refractivity contribution in [1.82, 2.24) is 16.0 Å². The molecule has 0 saturated carbocycles. The molecule has 9 heteroatoms. The number of rotatable bonds is 13. The highest BCUT2D eigenvalue weighted by Crippen LogP contribution is 2.40. The van der Waals surface area contributed by atoms with Gasteiger partial charge in [-0.3, -0.25) is 9.59 Å². The predicted molar refractivity (Wildman–Crippen MR) is 175 cm³/mol. The van der Waals surface area contributed by atoms with Crippen LogP contribution in [0.5, 0.6) is 23.0 Å². The Morgan fingerprint density at radius 3 is 1.39 bits per heavy atom. The van der Waals surface area contributed by atoms with Crippen molar-refractivity contribution in [2.45, 2.75) is 33.1 Å². The molecule has 0 aromatic heterocycles. The van der Waals surface area contributed by atoms with Gasteiger partial charge in [-0.2, -0.15) is 0 Å². The average molecular weight is 598 g/mol. The zero-order valence-electron chi connectivity index (χ0n) is 25.0. The second-order valence-corrected chi connectivity index (χ2v) is 10.6. The van der Waals surface area contributed by atoms with Gasteiger partial charge in [0.15, 0.2) is 0 Å². The van der Waals surface area contributed by atoms with Crippen LogP contribution in [0.15, 0.2) is 60.7 Å². The van der Waals surface area contributed by atoms with Gasteiger partial charge in [-0.25, -0.2) is 0 Å². The summed E-state index contributed by atoms with van der Waals surface area (Å²) in [6.45, 7) is 5.88. The Morgan fingerprint density at radius 2 is 0.932 bits per heavy atom. The minimum atomic E-state index is -0.288. The highest BCUT2D eigenvalue weighted by molar-refractivity contribution is 6.01. The molecule has 0 aliphatic rings. The molecule has 0 radical (unpaired) electrons. The number of hydrogen-bond acceptors (Lipinski definition) is 7. The number of benzene rings is 4. The third-order valence-corrected chi connectivity index (χ3v) is 7.62. The molecule has 44 heavy (non-hydrogen) atoms. The molecule has 0 atom stereocenters. The van der Waals surface area contributed by atoms with Crippen molar-refractivity contribution in [3.05, 3.63) is 82.9 Å². The van der Waals surface area contributed by atoms with E-state index >= 15 is 0 Å². The van der Waals surface area contributed by atoms with Gasteiger partial charge in [-0.15, -0.1) is 0 Å². The number of carbonyl (C=O) groups excluding carboxylic acids is 2. The fourth-order valence-electron chi connectivity index (χ4n) is 5.08. The summed E-state index contributed by atoms with van der Waals surface area (Å²) in [6.07, 6.45) is 8.11. The molecular weight excluding hydrogens is 558 g/mol. The number of aromatic hydroxyl groups is 4. The summed E-state index contributed by atoms with van der Waals surface area (Å²) in [4.78, 5) is 24.5. The van der Waals surface area contributed by atoms with E-state index in [-0.39, 0.29) is 34.8 Å². The van der Waals surface area contributed by atoms with E-state index in [1.165, 1.54) is 24.3 Å². The van der Waals surface area contributed by atoms with Crippen LogP contribution in [0.2, 0.25) is 0 Å². The van der Waals surface area contributed by atoms with E-state index in [1.807, 2.05) is 0 Å². The average Bonchev–Trinajstić information content (AvgIpc) is 3.03. The van der Waals surface area contributed by atoms with Crippen molar-refractivity contribution in [2.24, 2.45) is 0 Å². The van der Waals surface area contributed by atoms with Crippen LogP contribution >= 0.6 is 0 Å². The van der Waals surface area contributed by atoms with Gasteiger partial charge in [0.05, 0.1) is 0 Å². The summed E-state index contributed by atoms with van der Waals surface area (Å²) in [5.74, 6) is -0.350. The molecule has 7 N–H and O–H groups in total. The zero-order valence-corrected chi connectivity index (χ0v) is 25.0. The Balaban J connectivity index is 1.10. The molecule has 0 unspecified atom stereocenters. The van der Waals surface area contributed by atoms with E-state index in [0.717, 1.165) is 32.4 Å². The van der Waals surface area contributed by atoms with Crippen molar-refractivity contribution in [2.75, 3.05) is 26.2 Å². The molecule has 0 aliphatic carbocycles. The first-order chi connectivity index (χ1) is 21.2. The Kier molecular flexibility index (Phi) is 10.8. The number of fused-ring (bicyclic) bond motifs is 2. The lowest BCUT2D eigenvalue weighted by atomic mass is 9.98. The van der Waals surface area contributed by atoms with Gasteiger partial charge in [0, 0.05) is 69.0 Å². The SMILES string of the molecule is Cc1c(/C=C/C(=O)NCCCCNCCCNC(=O)/C=C/c2c(C)c(O)c3ccccc3c2O)c(O)c2ccccc2c1O. The molecule has 4 aromatic carbocycles. The van der Waals surface area contributed by atoms with Crippen LogP contribution in [0.25, 0.3) is 33.7 Å². The summed E-state index contributed by atoms with van der Waals surface area (Å²) in [5, 5.41) is 53.3. The lowest BCUT2D eigenvalue weighted by Gasteiger charge is -2.11. The van der Waals surface area contributed by atoms with Gasteiger partial charge in [-0.1, -0.05) is 48.5 Å². The summed E-state index contributed by atoms with van der Waals surface area (Å²) in [6, 6.07) is 14.0. The molecule has 0 fully saturated rings. The fraction of sp³-hybridized carbons (Fsp3) is 0.257. The van der Waals surface area contributed by atoms with E-state index in [0.29, 0.717) is 56.9 Å². The molecule has 9 nitrogen and oxygen atoms in total. The predicted octanol–water partition coefficient (Wildman–Crippen LogP) is 5.15. The molecule has 2 amide bonds. The molecular formula is C35H39N3O6. The van der Waals surface area contributed by atoms with Gasteiger partial charge in [0.2, 0.25) is 11.8 Å². The molecule has 0 aliphatic heterocycles. The first-order valence-corrected chi connectivity index (χ1v) is 14.7. The molecule has 0 saturated heterocycles. The number of phenols is 4. The Morgan fingerprint density at radius 1 is 0.568 bits per heavy atom. The van der Waals surface area contributed by atoms with Crippen molar-refractivity contribution >= 4 is 45.5 Å². The van der Waals surface area contributed by atoms with Crippen LogP contribution in [0.4, 0.5) is 0 Å². The van der Waals surface area contributed by atoms with Crippen LogP contribution < -0.4 is 16.0 Å². The van der Waals surface area contributed by atoms with Gasteiger partial charge in [0.25, 0.3) is 0 Å². The second kappa shape index (κ2) is 14.9. The summed E-state index contributed by atoms with van der Waals surface area (Å²) >= 11 is 0. The minimum Gasteiger partial charge on any atom is -0.507 e. The molecule has 230 valence electrons. The Bertz CT molecular complexity index is 1600.